The lowest BCUT2D eigenvalue weighted by atomic mass is 10.2. The van der Waals surface area contributed by atoms with Crippen molar-refractivity contribution < 1.29 is 9.13 Å². The molecule has 0 saturated heterocycles. The first-order valence-electron chi connectivity index (χ1n) is 6.70. The molecule has 0 atom stereocenters. The lowest BCUT2D eigenvalue weighted by Crippen LogP contribution is -2.11. The lowest BCUT2D eigenvalue weighted by molar-refractivity contribution is 0.435. The van der Waals surface area contributed by atoms with Gasteiger partial charge < -0.3 is 10.1 Å². The number of aryl methyl sites for hydroxylation is 2. The van der Waals surface area contributed by atoms with E-state index in [2.05, 4.69) is 10.4 Å². The van der Waals surface area contributed by atoms with Gasteiger partial charge in [-0.2, -0.15) is 5.10 Å². The minimum Gasteiger partial charge on any atom is -0.450 e. The maximum absolute atomic E-state index is 14.1. The Bertz CT molecular complexity index is 607. The Morgan fingerprint density at radius 3 is 2.65 bits per heavy atom. The molecule has 0 aliphatic rings. The molecule has 0 fully saturated rings. The van der Waals surface area contributed by atoms with E-state index in [1.807, 2.05) is 33.9 Å². The smallest absolute Gasteiger partial charge is 0.171 e. The van der Waals surface area contributed by atoms with Crippen LogP contribution in [0.1, 0.15) is 23.9 Å². The highest BCUT2D eigenvalue weighted by molar-refractivity contribution is 5.39. The molecule has 2 rings (SSSR count). The number of hydrogen-bond acceptors (Lipinski definition) is 3. The molecule has 4 nitrogen and oxygen atoms in total. The highest BCUT2D eigenvalue weighted by Crippen LogP contribution is 2.30. The molecule has 20 heavy (non-hydrogen) atoms. The van der Waals surface area contributed by atoms with Crippen molar-refractivity contribution in [3.05, 3.63) is 41.0 Å². The Balaban J connectivity index is 2.21. The largest absolute Gasteiger partial charge is 0.450 e. The monoisotopic (exact) mass is 277 g/mol. The maximum atomic E-state index is 14.1. The summed E-state index contributed by atoms with van der Waals surface area (Å²) >= 11 is 0. The molecule has 1 aromatic heterocycles. The summed E-state index contributed by atoms with van der Waals surface area (Å²) in [6.45, 7) is 7.26. The summed E-state index contributed by atoms with van der Waals surface area (Å²) in [6, 6.07) is 5.02. The summed E-state index contributed by atoms with van der Waals surface area (Å²) < 4.78 is 21.4. The zero-order valence-electron chi connectivity index (χ0n) is 12.3. The fourth-order valence-electron chi connectivity index (χ4n) is 2.02. The third-order valence-corrected chi connectivity index (χ3v) is 3.23. The molecule has 0 radical (unpaired) electrons. The number of halogens is 1. The van der Waals surface area contributed by atoms with E-state index in [0.717, 1.165) is 23.5 Å². The Labute approximate surface area is 118 Å². The third kappa shape index (κ3) is 2.99. The van der Waals surface area contributed by atoms with E-state index in [-0.39, 0.29) is 11.6 Å². The fraction of sp³-hybridized carbons (Fsp3) is 0.400. The van der Waals surface area contributed by atoms with Gasteiger partial charge in [0.25, 0.3) is 0 Å². The van der Waals surface area contributed by atoms with Crippen LogP contribution in [-0.2, 0) is 13.6 Å². The molecule has 0 bridgehead atoms. The molecule has 0 spiro atoms. The Hall–Kier alpha value is -1.88. The number of rotatable bonds is 5. The van der Waals surface area contributed by atoms with Crippen molar-refractivity contribution >= 4 is 0 Å². The van der Waals surface area contributed by atoms with Gasteiger partial charge in [-0.25, -0.2) is 4.39 Å². The molecule has 0 aliphatic carbocycles. The number of hydrogen-bond donors (Lipinski definition) is 1. The molecule has 1 N–H and O–H groups in total. The number of nitrogens with zero attached hydrogens (tertiary/aromatic N) is 2. The normalized spacial score (nSPS) is 10.8. The van der Waals surface area contributed by atoms with Crippen molar-refractivity contribution in [3.63, 3.8) is 0 Å². The Morgan fingerprint density at radius 2 is 2.10 bits per heavy atom. The standard InChI is InChI=1S/C15H20FN3O/c1-5-17-9-12-6-7-14(13(16)8-12)20-15-10(2)18-19(4)11(15)3/h6-8,17H,5,9H2,1-4H3. The zero-order chi connectivity index (χ0) is 14.7. The quantitative estimate of drug-likeness (QED) is 0.913. The predicted octanol–water partition coefficient (Wildman–Crippen LogP) is 3.08. The summed E-state index contributed by atoms with van der Waals surface area (Å²) in [5, 5.41) is 7.42. The van der Waals surface area contributed by atoms with Gasteiger partial charge in [0.05, 0.1) is 5.69 Å². The van der Waals surface area contributed by atoms with Crippen LogP contribution in [0.4, 0.5) is 4.39 Å². The first-order chi connectivity index (χ1) is 9.52. The highest BCUT2D eigenvalue weighted by Gasteiger charge is 2.14. The average Bonchev–Trinajstić information content (AvgIpc) is 2.65. The fourth-order valence-corrected chi connectivity index (χ4v) is 2.02. The van der Waals surface area contributed by atoms with Gasteiger partial charge in [-0.3, -0.25) is 4.68 Å². The van der Waals surface area contributed by atoms with Crippen molar-refractivity contribution in [2.75, 3.05) is 6.54 Å². The maximum Gasteiger partial charge on any atom is 0.171 e. The summed E-state index contributed by atoms with van der Waals surface area (Å²) in [5.41, 5.74) is 2.52. The van der Waals surface area contributed by atoms with Gasteiger partial charge in [0.2, 0.25) is 0 Å². The van der Waals surface area contributed by atoms with E-state index in [1.165, 1.54) is 6.07 Å². The van der Waals surface area contributed by atoms with Gasteiger partial charge in [0, 0.05) is 13.6 Å². The van der Waals surface area contributed by atoms with Gasteiger partial charge >= 0.3 is 0 Å². The van der Waals surface area contributed by atoms with Crippen LogP contribution in [0.2, 0.25) is 0 Å². The van der Waals surface area contributed by atoms with Gasteiger partial charge in [-0.1, -0.05) is 13.0 Å². The van der Waals surface area contributed by atoms with Crippen molar-refractivity contribution in [1.29, 1.82) is 0 Å². The van der Waals surface area contributed by atoms with Gasteiger partial charge in [0.15, 0.2) is 17.3 Å². The molecule has 0 saturated carbocycles. The van der Waals surface area contributed by atoms with Crippen molar-refractivity contribution in [1.82, 2.24) is 15.1 Å². The second kappa shape index (κ2) is 6.05. The molecule has 1 aromatic carbocycles. The summed E-state index contributed by atoms with van der Waals surface area (Å²) in [6.07, 6.45) is 0. The predicted molar refractivity (Wildman–Crippen MR) is 76.5 cm³/mol. The minimum atomic E-state index is -0.358. The zero-order valence-corrected chi connectivity index (χ0v) is 12.3. The van der Waals surface area contributed by atoms with Crippen LogP contribution in [0.15, 0.2) is 18.2 Å². The van der Waals surface area contributed by atoms with E-state index >= 15 is 0 Å². The highest BCUT2D eigenvalue weighted by atomic mass is 19.1. The molecular formula is C15H20FN3O. The Kier molecular flexibility index (Phi) is 4.39. The van der Waals surface area contributed by atoms with Crippen LogP contribution in [-0.4, -0.2) is 16.3 Å². The van der Waals surface area contributed by atoms with E-state index in [1.54, 1.807) is 10.7 Å². The molecule has 5 heteroatoms. The van der Waals surface area contributed by atoms with Crippen molar-refractivity contribution in [3.8, 4) is 11.5 Å². The van der Waals surface area contributed by atoms with E-state index in [4.69, 9.17) is 4.74 Å². The van der Waals surface area contributed by atoms with Gasteiger partial charge in [0.1, 0.15) is 5.69 Å². The van der Waals surface area contributed by atoms with Gasteiger partial charge in [-0.15, -0.1) is 0 Å². The average molecular weight is 277 g/mol. The number of nitrogens with one attached hydrogen (secondary N) is 1. The molecule has 2 aromatic rings. The molecule has 108 valence electrons. The molecule has 0 aliphatic heterocycles. The molecular weight excluding hydrogens is 257 g/mol. The lowest BCUT2D eigenvalue weighted by Gasteiger charge is -2.09. The van der Waals surface area contributed by atoms with Crippen LogP contribution >= 0.6 is 0 Å². The third-order valence-electron chi connectivity index (χ3n) is 3.23. The van der Waals surface area contributed by atoms with Gasteiger partial charge in [-0.05, 0) is 38.1 Å². The Morgan fingerprint density at radius 1 is 1.35 bits per heavy atom. The van der Waals surface area contributed by atoms with E-state index in [0.29, 0.717) is 12.3 Å². The first kappa shape index (κ1) is 14.5. The molecule has 1 heterocycles. The van der Waals surface area contributed by atoms with Crippen LogP contribution < -0.4 is 10.1 Å². The molecule has 0 unspecified atom stereocenters. The number of ether oxygens (including phenoxy) is 1. The SMILES string of the molecule is CCNCc1ccc(Oc2c(C)nn(C)c2C)c(F)c1. The summed E-state index contributed by atoms with van der Waals surface area (Å²) in [5.74, 6) is 0.485. The number of aromatic nitrogens is 2. The van der Waals surface area contributed by atoms with Crippen LogP contribution in [0.5, 0.6) is 11.5 Å². The van der Waals surface area contributed by atoms with Crippen molar-refractivity contribution in [2.45, 2.75) is 27.3 Å². The topological polar surface area (TPSA) is 39.1 Å². The second-order valence-corrected chi connectivity index (χ2v) is 4.77. The van der Waals surface area contributed by atoms with Crippen LogP contribution in [0, 0.1) is 19.7 Å². The summed E-state index contributed by atoms with van der Waals surface area (Å²) in [7, 11) is 1.84. The molecule has 0 amide bonds. The summed E-state index contributed by atoms with van der Waals surface area (Å²) in [4.78, 5) is 0. The first-order valence-corrected chi connectivity index (χ1v) is 6.70. The van der Waals surface area contributed by atoms with Crippen molar-refractivity contribution in [2.24, 2.45) is 7.05 Å². The second-order valence-electron chi connectivity index (χ2n) is 4.77. The van der Waals surface area contributed by atoms with E-state index in [9.17, 15) is 4.39 Å². The van der Waals surface area contributed by atoms with E-state index < -0.39 is 0 Å². The van der Waals surface area contributed by atoms with Crippen LogP contribution in [0.25, 0.3) is 0 Å². The number of benzene rings is 1. The van der Waals surface area contributed by atoms with Crippen LogP contribution in [0.3, 0.4) is 0 Å². The minimum absolute atomic E-state index is 0.226.